The molecule has 1 N–H and O–H groups in total. The van der Waals surface area contributed by atoms with Crippen molar-refractivity contribution in [1.29, 1.82) is 0 Å². The molecule has 0 spiro atoms. The molecular weight excluding hydrogens is 490 g/mol. The minimum Gasteiger partial charge on any atom is -0.495 e. The van der Waals surface area contributed by atoms with E-state index in [2.05, 4.69) is 19.9 Å². The first-order valence-electron chi connectivity index (χ1n) is 10.7. The number of nitrogens with zero attached hydrogens (tertiary/aromatic N) is 4. The monoisotopic (exact) mass is 509 g/mol. The summed E-state index contributed by atoms with van der Waals surface area (Å²) in [6.45, 7) is 2.00. The molecule has 0 fully saturated rings. The second kappa shape index (κ2) is 9.05. The number of aryl methyl sites for hydroxylation is 1. The van der Waals surface area contributed by atoms with Gasteiger partial charge in [0, 0.05) is 17.1 Å². The fourth-order valence-corrected chi connectivity index (χ4v) is 5.18. The van der Waals surface area contributed by atoms with Crippen LogP contribution in [0.5, 0.6) is 17.4 Å². The lowest BCUT2D eigenvalue weighted by Gasteiger charge is -2.13. The van der Waals surface area contributed by atoms with Crippen molar-refractivity contribution >= 4 is 44.0 Å². The summed E-state index contributed by atoms with van der Waals surface area (Å²) >= 11 is 5.99. The van der Waals surface area contributed by atoms with Gasteiger partial charge in [0.25, 0.3) is 15.9 Å². The van der Waals surface area contributed by atoms with Crippen molar-refractivity contribution in [3.63, 3.8) is 0 Å². The minimum absolute atomic E-state index is 0.0610. The first kappa shape index (κ1) is 22.9. The molecule has 0 saturated heterocycles. The summed E-state index contributed by atoms with van der Waals surface area (Å²) in [4.78, 5) is 4.55. The number of anilines is 1. The molecule has 5 rings (SSSR count). The zero-order chi connectivity index (χ0) is 24.6. The second-order valence-electron chi connectivity index (χ2n) is 7.56. The minimum atomic E-state index is -3.94. The summed E-state index contributed by atoms with van der Waals surface area (Å²) in [5.41, 5.74) is 2.47. The number of fused-ring (bicyclic) bond motifs is 3. The largest absolute Gasteiger partial charge is 0.495 e. The second-order valence-corrected chi connectivity index (χ2v) is 9.65. The summed E-state index contributed by atoms with van der Waals surface area (Å²) in [5, 5.41) is 8.82. The fourth-order valence-electron chi connectivity index (χ4n) is 3.69. The van der Waals surface area contributed by atoms with Crippen LogP contribution in [0.1, 0.15) is 12.7 Å². The molecule has 0 aliphatic heterocycles. The number of aromatic nitrogens is 4. The Labute approximate surface area is 206 Å². The van der Waals surface area contributed by atoms with Crippen LogP contribution in [0, 0.1) is 0 Å². The molecule has 0 aliphatic carbocycles. The highest BCUT2D eigenvalue weighted by atomic mass is 35.5. The highest BCUT2D eigenvalue weighted by molar-refractivity contribution is 7.92. The SMILES string of the molecule is CCc1nnc2c(Oc3ccc(NS(=O)(=O)c4cc(Cl)ccc4OC)cc3)nc3ccccc3n12. The van der Waals surface area contributed by atoms with Gasteiger partial charge in [0.15, 0.2) is 0 Å². The molecule has 5 aromatic rings. The van der Waals surface area contributed by atoms with Gasteiger partial charge in [-0.25, -0.2) is 13.4 Å². The molecule has 0 bridgehead atoms. The number of nitrogens with one attached hydrogen (secondary N) is 1. The molecule has 3 aromatic carbocycles. The predicted molar refractivity (Wildman–Crippen MR) is 133 cm³/mol. The number of halogens is 1. The normalized spacial score (nSPS) is 11.6. The van der Waals surface area contributed by atoms with Crippen LogP contribution in [0.4, 0.5) is 5.69 Å². The summed E-state index contributed by atoms with van der Waals surface area (Å²) in [5.74, 6) is 1.74. The molecular formula is C24H20ClN5O4S. The van der Waals surface area contributed by atoms with Gasteiger partial charge < -0.3 is 9.47 Å². The lowest BCUT2D eigenvalue weighted by atomic mass is 10.3. The van der Waals surface area contributed by atoms with Gasteiger partial charge in [0.1, 0.15) is 22.2 Å². The van der Waals surface area contributed by atoms with Crippen LogP contribution < -0.4 is 14.2 Å². The molecule has 11 heteroatoms. The highest BCUT2D eigenvalue weighted by Crippen LogP contribution is 2.31. The third-order valence-electron chi connectivity index (χ3n) is 5.32. The Hall–Kier alpha value is -3.89. The van der Waals surface area contributed by atoms with Crippen LogP contribution in [0.3, 0.4) is 0 Å². The van der Waals surface area contributed by atoms with E-state index in [0.29, 0.717) is 29.4 Å². The summed E-state index contributed by atoms with van der Waals surface area (Å²) < 4.78 is 41.5. The van der Waals surface area contributed by atoms with Gasteiger partial charge in [-0.2, -0.15) is 0 Å². The number of rotatable bonds is 7. The van der Waals surface area contributed by atoms with Crippen molar-refractivity contribution in [3.8, 4) is 17.4 Å². The van der Waals surface area contributed by atoms with E-state index in [9.17, 15) is 8.42 Å². The standard InChI is InChI=1S/C24H20ClN5O4S/c1-3-22-27-28-23-24(26-18-6-4-5-7-19(18)30(22)23)34-17-11-9-16(10-12-17)29-35(31,32)21-14-15(25)8-13-20(21)33-2/h4-14,29H,3H2,1-2H3. The average Bonchev–Trinajstić information content (AvgIpc) is 3.30. The number of ether oxygens (including phenoxy) is 2. The Morgan fingerprint density at radius 1 is 1.03 bits per heavy atom. The van der Waals surface area contributed by atoms with E-state index >= 15 is 0 Å². The van der Waals surface area contributed by atoms with E-state index in [1.54, 1.807) is 30.3 Å². The third-order valence-corrected chi connectivity index (χ3v) is 6.96. The summed E-state index contributed by atoms with van der Waals surface area (Å²) in [7, 11) is -2.54. The van der Waals surface area contributed by atoms with Gasteiger partial charge in [-0.1, -0.05) is 30.7 Å². The highest BCUT2D eigenvalue weighted by Gasteiger charge is 2.21. The van der Waals surface area contributed by atoms with E-state index in [1.165, 1.54) is 19.2 Å². The molecule has 2 aromatic heterocycles. The number of methoxy groups -OCH3 is 1. The number of hydrogen-bond donors (Lipinski definition) is 1. The Morgan fingerprint density at radius 3 is 2.54 bits per heavy atom. The quantitative estimate of drug-likeness (QED) is 0.325. The van der Waals surface area contributed by atoms with E-state index in [4.69, 9.17) is 21.1 Å². The lowest BCUT2D eigenvalue weighted by molar-refractivity contribution is 0.403. The van der Waals surface area contributed by atoms with Crippen molar-refractivity contribution in [2.24, 2.45) is 0 Å². The molecule has 2 heterocycles. The van der Waals surface area contributed by atoms with Gasteiger partial charge in [-0.05, 0) is 54.6 Å². The molecule has 178 valence electrons. The molecule has 0 aliphatic rings. The summed E-state index contributed by atoms with van der Waals surface area (Å²) in [6, 6.07) is 18.5. The molecule has 0 unspecified atom stereocenters. The van der Waals surface area contributed by atoms with E-state index in [1.807, 2.05) is 35.6 Å². The zero-order valence-electron chi connectivity index (χ0n) is 18.8. The van der Waals surface area contributed by atoms with Crippen LogP contribution in [-0.2, 0) is 16.4 Å². The first-order valence-corrected chi connectivity index (χ1v) is 12.5. The van der Waals surface area contributed by atoms with Gasteiger partial charge in [-0.3, -0.25) is 9.12 Å². The van der Waals surface area contributed by atoms with E-state index in [-0.39, 0.29) is 15.7 Å². The van der Waals surface area contributed by atoms with Gasteiger partial charge >= 0.3 is 0 Å². The lowest BCUT2D eigenvalue weighted by Crippen LogP contribution is -2.14. The van der Waals surface area contributed by atoms with Crippen molar-refractivity contribution in [2.75, 3.05) is 11.8 Å². The maximum atomic E-state index is 12.9. The Morgan fingerprint density at radius 2 is 1.80 bits per heavy atom. The maximum absolute atomic E-state index is 12.9. The molecule has 0 amide bonds. The zero-order valence-corrected chi connectivity index (χ0v) is 20.3. The van der Waals surface area contributed by atoms with E-state index in [0.717, 1.165) is 16.9 Å². The van der Waals surface area contributed by atoms with Crippen LogP contribution in [0.15, 0.2) is 71.6 Å². The van der Waals surface area contributed by atoms with Crippen molar-refractivity contribution in [2.45, 2.75) is 18.2 Å². The van der Waals surface area contributed by atoms with Gasteiger partial charge in [-0.15, -0.1) is 10.2 Å². The van der Waals surface area contributed by atoms with Gasteiger partial charge in [0.2, 0.25) is 5.65 Å². The van der Waals surface area contributed by atoms with Crippen LogP contribution >= 0.6 is 11.6 Å². The Balaban J connectivity index is 1.44. The molecule has 35 heavy (non-hydrogen) atoms. The third kappa shape index (κ3) is 4.33. The molecule has 9 nitrogen and oxygen atoms in total. The van der Waals surface area contributed by atoms with Crippen molar-refractivity contribution < 1.29 is 17.9 Å². The summed E-state index contributed by atoms with van der Waals surface area (Å²) in [6.07, 6.45) is 0.695. The molecule has 0 atom stereocenters. The average molecular weight is 510 g/mol. The number of sulfonamides is 1. The maximum Gasteiger partial charge on any atom is 0.266 e. The number of benzene rings is 3. The van der Waals surface area contributed by atoms with Crippen molar-refractivity contribution in [1.82, 2.24) is 19.6 Å². The number of hydrogen-bond acceptors (Lipinski definition) is 7. The fraction of sp³-hybridized carbons (Fsp3) is 0.125. The van der Waals surface area contributed by atoms with E-state index < -0.39 is 10.0 Å². The molecule has 0 radical (unpaired) electrons. The van der Waals surface area contributed by atoms with Crippen LogP contribution in [0.2, 0.25) is 5.02 Å². The van der Waals surface area contributed by atoms with Crippen LogP contribution in [0.25, 0.3) is 16.7 Å². The van der Waals surface area contributed by atoms with Crippen molar-refractivity contribution in [3.05, 3.63) is 77.6 Å². The first-order chi connectivity index (χ1) is 16.9. The Bertz CT molecular complexity index is 1650. The topological polar surface area (TPSA) is 108 Å². The predicted octanol–water partition coefficient (Wildman–Crippen LogP) is 5.10. The number of para-hydroxylation sites is 2. The Kier molecular flexibility index (Phi) is 5.91. The van der Waals surface area contributed by atoms with Gasteiger partial charge in [0.05, 0.1) is 18.1 Å². The molecule has 0 saturated carbocycles. The van der Waals surface area contributed by atoms with Crippen LogP contribution in [-0.4, -0.2) is 35.1 Å². The smallest absolute Gasteiger partial charge is 0.266 e.